The zero-order valence-electron chi connectivity index (χ0n) is 72.8. The van der Waals surface area contributed by atoms with E-state index in [1.807, 2.05) is 146 Å². The van der Waals surface area contributed by atoms with Crippen LogP contribution in [-0.2, 0) is 50.4 Å². The SMILES string of the molecule is COc1ccc(OC(=O)/C=C/c2ccc([N+](=O)[O-])cc2)cc1.COc1ccc(OC(=O)/C=C/c2ccc([N+](=O)[O-])cc2)cc1.[Pd].[Pd].c1ccc([PH+](CCCC[PH+](c2ccccc2)c2ccccc2)c2ccccc2)cc1.c1ccc([PH+](CCCC[PH+](c2ccccc2)c2ccccc2)c2ccccc2)cc1.c1ccccc1.c1ccccc1.c1ccccc1.c1ccccc1. The van der Waals surface area contributed by atoms with Gasteiger partial charge in [-0.1, -0.05) is 291 Å². The van der Waals surface area contributed by atoms with Crippen molar-refractivity contribution in [3.05, 3.63) is 529 Å². The maximum absolute atomic E-state index is 11.7. The summed E-state index contributed by atoms with van der Waals surface area (Å²) in [4.78, 5) is 43.4. The third-order valence-electron chi connectivity index (χ3n) is 19.4. The largest absolute Gasteiger partial charge is 0.497 e. The number of esters is 2. The molecule has 0 aliphatic heterocycles. The maximum Gasteiger partial charge on any atom is 0.336 e. The Hall–Kier alpha value is -12.6. The van der Waals surface area contributed by atoms with Gasteiger partial charge in [0.15, 0.2) is 0 Å². The Labute approximate surface area is 798 Å². The average molecular weight is 1980 g/mol. The van der Waals surface area contributed by atoms with Crippen molar-refractivity contribution in [2.75, 3.05) is 38.9 Å². The quantitative estimate of drug-likeness (QED) is 0.00676. The first-order valence-corrected chi connectivity index (χ1v) is 49.3. The first-order valence-electron chi connectivity index (χ1n) is 42.4. The van der Waals surface area contributed by atoms with Crippen molar-refractivity contribution in [1.29, 1.82) is 0 Å². The summed E-state index contributed by atoms with van der Waals surface area (Å²) >= 11 is 0. The molecule has 18 heteroatoms. The molecular weight excluding hydrogens is 1870 g/mol. The Morgan fingerprint density at radius 3 is 0.546 bits per heavy atom. The fourth-order valence-electron chi connectivity index (χ4n) is 13.0. The number of methoxy groups -OCH3 is 2. The summed E-state index contributed by atoms with van der Waals surface area (Å²) in [5, 5.41) is 33.3. The maximum atomic E-state index is 11.7. The van der Waals surface area contributed by atoms with Crippen LogP contribution >= 0.6 is 31.7 Å². The number of nitrogens with zero attached hydrogens (tertiary/aromatic N) is 2. The van der Waals surface area contributed by atoms with Crippen LogP contribution in [0.25, 0.3) is 12.2 Å². The number of ether oxygens (including phenoxy) is 4. The van der Waals surface area contributed by atoms with E-state index in [0.717, 1.165) is 0 Å². The van der Waals surface area contributed by atoms with Gasteiger partial charge in [0, 0.05) is 77.3 Å². The van der Waals surface area contributed by atoms with Gasteiger partial charge < -0.3 is 18.9 Å². The third-order valence-corrected chi connectivity index (χ3v) is 31.1. The van der Waals surface area contributed by atoms with Gasteiger partial charge >= 0.3 is 11.9 Å². The summed E-state index contributed by atoms with van der Waals surface area (Å²) in [6.45, 7) is 0. The second-order valence-corrected chi connectivity index (χ2v) is 38.9. The number of benzene rings is 16. The van der Waals surface area contributed by atoms with Crippen LogP contribution in [0.4, 0.5) is 11.4 Å². The van der Waals surface area contributed by atoms with Crippen molar-refractivity contribution >= 4 is 110 Å². The van der Waals surface area contributed by atoms with Crippen LogP contribution in [0.2, 0.25) is 0 Å². The van der Waals surface area contributed by atoms with Crippen molar-refractivity contribution in [2.24, 2.45) is 0 Å². The van der Waals surface area contributed by atoms with Crippen LogP contribution in [0.5, 0.6) is 23.0 Å². The van der Waals surface area contributed by atoms with Crippen molar-refractivity contribution in [1.82, 2.24) is 0 Å². The van der Waals surface area contributed by atoms with Gasteiger partial charge in [0.2, 0.25) is 0 Å². The number of unbranched alkanes of at least 4 members (excludes halogenated alkanes) is 2. The van der Waals surface area contributed by atoms with Gasteiger partial charge in [-0.25, -0.2) is 9.59 Å². The van der Waals surface area contributed by atoms with Crippen LogP contribution in [0.1, 0.15) is 36.8 Å². The third kappa shape index (κ3) is 41.2. The molecule has 0 unspecified atom stereocenters. The molecule has 0 aliphatic carbocycles. The zero-order chi connectivity index (χ0) is 89.7. The van der Waals surface area contributed by atoms with E-state index in [-0.39, 0.29) is 52.2 Å². The summed E-state index contributed by atoms with van der Waals surface area (Å²) < 4.78 is 20.2. The summed E-state index contributed by atoms with van der Waals surface area (Å²) in [7, 11) is 0.242. The molecule has 12 nitrogen and oxygen atoms in total. The standard InChI is InChI=1S/2C28H28P2.2C16H13NO5.4C6H6.2Pd/c2*1-5-15-25(16-6-1)29(26-17-7-2-8-18-26)23-13-14-24-30(27-19-9-3-10-20-27)28-21-11-4-12-22-28;2*1-21-14-7-9-15(10-8-14)22-16(18)11-4-12-2-5-13(6-3-12)17(19)20;4*1-2-4-6-5-3-1;;/h2*1-12,15-22H,13-14,23-24H2;2*2-11H,1H3;4*1-6H;;/p+4/b;;2*11-4+;;;;;;. The fourth-order valence-corrected chi connectivity index (χ4v) is 23.8. The van der Waals surface area contributed by atoms with E-state index in [4.69, 9.17) is 18.9 Å². The molecule has 0 fully saturated rings. The van der Waals surface area contributed by atoms with Gasteiger partial charge in [-0.05, 0) is 219 Å². The van der Waals surface area contributed by atoms with Gasteiger partial charge in [-0.15, -0.1) is 0 Å². The van der Waals surface area contributed by atoms with E-state index < -0.39 is 53.5 Å². The van der Waals surface area contributed by atoms with Gasteiger partial charge in [0.1, 0.15) is 23.0 Å². The fraction of sp³-hybridized carbons (Fsp3) is 0.0893. The molecule has 0 aliphatic rings. The summed E-state index contributed by atoms with van der Waals surface area (Å²) in [5.41, 5.74) is 1.32. The van der Waals surface area contributed by atoms with Crippen molar-refractivity contribution in [3.63, 3.8) is 0 Å². The number of rotatable bonds is 28. The molecular formula is C112H110N2O10P4Pd2+4. The van der Waals surface area contributed by atoms with Crippen molar-refractivity contribution < 1.29 is 79.2 Å². The van der Waals surface area contributed by atoms with Crippen LogP contribution in [0.15, 0.2) is 497 Å². The van der Waals surface area contributed by atoms with E-state index >= 15 is 0 Å². The molecule has 0 radical (unpaired) electrons. The molecule has 0 saturated carbocycles. The Morgan fingerprint density at radius 1 is 0.238 bits per heavy atom. The second-order valence-electron chi connectivity index (χ2n) is 28.4. The molecule has 0 spiro atoms. The van der Waals surface area contributed by atoms with E-state index in [1.165, 1.54) is 141 Å². The number of carbonyl (C=O) groups is 2. The predicted molar refractivity (Wildman–Crippen MR) is 547 cm³/mol. The van der Waals surface area contributed by atoms with Crippen LogP contribution in [0.3, 0.4) is 0 Å². The van der Waals surface area contributed by atoms with Crippen molar-refractivity contribution in [2.45, 2.75) is 25.7 Å². The molecule has 0 aromatic heterocycles. The smallest absolute Gasteiger partial charge is 0.336 e. The first kappa shape index (κ1) is 104. The Morgan fingerprint density at radius 2 is 0.392 bits per heavy atom. The molecule has 16 aromatic rings. The Bertz CT molecular complexity index is 4830. The van der Waals surface area contributed by atoms with Gasteiger partial charge in [0.25, 0.3) is 11.4 Å². The van der Waals surface area contributed by atoms with Gasteiger partial charge in [-0.2, -0.15) is 0 Å². The van der Waals surface area contributed by atoms with Crippen LogP contribution in [-0.4, -0.2) is 60.7 Å². The van der Waals surface area contributed by atoms with Gasteiger partial charge in [-0.3, -0.25) is 20.2 Å². The van der Waals surface area contributed by atoms with E-state index in [2.05, 4.69) is 243 Å². The molecule has 664 valence electrons. The van der Waals surface area contributed by atoms with Crippen molar-refractivity contribution in [3.8, 4) is 23.0 Å². The monoisotopic (exact) mass is 1980 g/mol. The molecule has 0 bridgehead atoms. The molecule has 0 saturated heterocycles. The second kappa shape index (κ2) is 64.2. The molecule has 16 rings (SSSR count). The number of hydrogen-bond acceptors (Lipinski definition) is 10. The summed E-state index contributed by atoms with van der Waals surface area (Å²) in [5.74, 6) is 1.06. The number of hydrogen-bond donors (Lipinski definition) is 0. The van der Waals surface area contributed by atoms with Crippen LogP contribution < -0.4 is 61.4 Å². The number of carbonyl (C=O) groups excluding carboxylic acids is 2. The Balaban J connectivity index is 0.000000218. The van der Waals surface area contributed by atoms with E-state index in [9.17, 15) is 29.8 Å². The number of non-ortho nitro benzene ring substituents is 2. The summed E-state index contributed by atoms with van der Waals surface area (Å²) in [6, 6.07) is 162. The van der Waals surface area contributed by atoms with E-state index in [0.29, 0.717) is 34.1 Å². The number of nitro groups is 2. The average Bonchev–Trinajstić information content (AvgIpc) is 0.854. The predicted octanol–water partition coefficient (Wildman–Crippen LogP) is 24.2. The molecule has 0 heterocycles. The first-order chi connectivity index (χ1) is 63.0. The minimum absolute atomic E-state index is 0. The summed E-state index contributed by atoms with van der Waals surface area (Å²) in [6.07, 6.45) is 16.0. The zero-order valence-corrected chi connectivity index (χ0v) is 79.9. The van der Waals surface area contributed by atoms with E-state index in [1.54, 1.807) is 87.0 Å². The topological polar surface area (TPSA) is 157 Å². The van der Waals surface area contributed by atoms with Gasteiger partial charge in [0.05, 0.1) is 123 Å². The minimum Gasteiger partial charge on any atom is -0.497 e. The molecule has 0 N–H and O–H groups in total. The normalized spacial score (nSPS) is 10.1. The van der Waals surface area contributed by atoms with Crippen LogP contribution in [0, 0.1) is 20.2 Å². The molecule has 16 aromatic carbocycles. The number of nitro benzene ring substituents is 2. The molecule has 0 amide bonds. The molecule has 130 heavy (non-hydrogen) atoms. The Kier molecular flexibility index (Phi) is 51.6. The minimum atomic E-state index is -0.714. The molecule has 0 atom stereocenters.